The molecule has 2 N–H and O–H groups in total. The van der Waals surface area contributed by atoms with E-state index in [-0.39, 0.29) is 12.0 Å². The number of rotatable bonds is 6. The summed E-state index contributed by atoms with van der Waals surface area (Å²) in [4.78, 5) is 11.7. The normalized spacial score (nSPS) is 11.5. The van der Waals surface area contributed by atoms with E-state index in [1.165, 1.54) is 10.5 Å². The maximum atomic E-state index is 10.4. The van der Waals surface area contributed by atoms with Crippen molar-refractivity contribution < 1.29 is 9.90 Å². The Morgan fingerprint density at radius 2 is 1.94 bits per heavy atom. The van der Waals surface area contributed by atoms with Crippen LogP contribution in [0.5, 0.6) is 0 Å². The molecule has 94 valence electrons. The molecule has 0 aliphatic carbocycles. The van der Waals surface area contributed by atoms with Crippen molar-refractivity contribution in [2.75, 3.05) is 19.3 Å². The molecule has 4 heteroatoms. The van der Waals surface area contributed by atoms with Crippen molar-refractivity contribution in [1.29, 1.82) is 0 Å². The van der Waals surface area contributed by atoms with Gasteiger partial charge in [0.1, 0.15) is 0 Å². The van der Waals surface area contributed by atoms with Crippen molar-refractivity contribution >= 4 is 17.7 Å². The van der Waals surface area contributed by atoms with Crippen LogP contribution in [0.4, 0.5) is 0 Å². The average Bonchev–Trinajstić information content (AvgIpc) is 2.28. The van der Waals surface area contributed by atoms with E-state index < -0.39 is 5.97 Å². The number of thioether (sulfide) groups is 1. The van der Waals surface area contributed by atoms with Gasteiger partial charge in [0.25, 0.3) is 0 Å². The topological polar surface area (TPSA) is 49.3 Å². The number of carbonyl (C=O) groups is 1. The van der Waals surface area contributed by atoms with E-state index in [4.69, 9.17) is 5.11 Å². The van der Waals surface area contributed by atoms with Gasteiger partial charge in [-0.1, -0.05) is 26.0 Å². The van der Waals surface area contributed by atoms with Gasteiger partial charge in [0.05, 0.1) is 6.54 Å². The highest BCUT2D eigenvalue weighted by molar-refractivity contribution is 7.98. The van der Waals surface area contributed by atoms with Crippen molar-refractivity contribution in [2.45, 2.75) is 24.2 Å². The van der Waals surface area contributed by atoms with Gasteiger partial charge in [0.15, 0.2) is 0 Å². The van der Waals surface area contributed by atoms with Crippen LogP contribution in [0.2, 0.25) is 0 Å². The first kappa shape index (κ1) is 14.1. The lowest BCUT2D eigenvalue weighted by atomic mass is 9.84. The number of hydrogen-bond acceptors (Lipinski definition) is 3. The van der Waals surface area contributed by atoms with Crippen molar-refractivity contribution in [2.24, 2.45) is 0 Å². The molecule has 0 saturated heterocycles. The molecule has 1 aromatic carbocycles. The first-order chi connectivity index (χ1) is 7.95. The van der Waals surface area contributed by atoms with Crippen LogP contribution in [0.1, 0.15) is 19.4 Å². The zero-order chi connectivity index (χ0) is 12.9. The third kappa shape index (κ3) is 4.40. The Morgan fingerprint density at radius 3 is 2.41 bits per heavy atom. The second-order valence-electron chi connectivity index (χ2n) is 4.61. The van der Waals surface area contributed by atoms with Crippen LogP contribution < -0.4 is 5.32 Å². The number of nitrogens with one attached hydrogen (secondary N) is 1. The van der Waals surface area contributed by atoms with E-state index in [0.29, 0.717) is 6.54 Å². The quantitative estimate of drug-likeness (QED) is 0.764. The molecular weight excluding hydrogens is 234 g/mol. The summed E-state index contributed by atoms with van der Waals surface area (Å²) in [7, 11) is 0. The number of benzene rings is 1. The van der Waals surface area contributed by atoms with E-state index in [1.54, 1.807) is 11.8 Å². The fourth-order valence-electron chi connectivity index (χ4n) is 1.63. The average molecular weight is 253 g/mol. The molecule has 1 aromatic rings. The second kappa shape index (κ2) is 6.07. The summed E-state index contributed by atoms with van der Waals surface area (Å²) in [5.74, 6) is -0.821. The minimum absolute atomic E-state index is 0.00628. The van der Waals surface area contributed by atoms with Crippen LogP contribution in [-0.4, -0.2) is 30.4 Å². The molecule has 1 rings (SSSR count). The fraction of sp³-hybridized carbons (Fsp3) is 0.462. The highest BCUT2D eigenvalue weighted by Crippen LogP contribution is 2.24. The summed E-state index contributed by atoms with van der Waals surface area (Å²) in [6.45, 7) is 4.87. The third-order valence-corrected chi connectivity index (χ3v) is 3.46. The lowest BCUT2D eigenvalue weighted by molar-refractivity contribution is -0.136. The molecule has 0 aliphatic heterocycles. The van der Waals surface area contributed by atoms with E-state index in [1.807, 2.05) is 0 Å². The van der Waals surface area contributed by atoms with Crippen LogP contribution in [0, 0.1) is 0 Å². The Morgan fingerprint density at radius 1 is 1.35 bits per heavy atom. The van der Waals surface area contributed by atoms with Gasteiger partial charge >= 0.3 is 5.97 Å². The highest BCUT2D eigenvalue weighted by Gasteiger charge is 2.20. The summed E-state index contributed by atoms with van der Waals surface area (Å²) >= 11 is 1.72. The molecule has 0 fully saturated rings. The largest absolute Gasteiger partial charge is 0.480 e. The van der Waals surface area contributed by atoms with Crippen molar-refractivity contribution in [3.63, 3.8) is 0 Å². The fourth-order valence-corrected chi connectivity index (χ4v) is 2.03. The Bertz CT molecular complexity index is 374. The zero-order valence-corrected chi connectivity index (χ0v) is 11.3. The number of carboxylic acid groups (broad SMARTS) is 1. The van der Waals surface area contributed by atoms with Gasteiger partial charge in [0, 0.05) is 16.9 Å². The first-order valence-corrected chi connectivity index (χ1v) is 6.75. The molecule has 0 heterocycles. The van der Waals surface area contributed by atoms with E-state index in [9.17, 15) is 4.79 Å². The molecule has 17 heavy (non-hydrogen) atoms. The molecule has 0 bridgehead atoms. The van der Waals surface area contributed by atoms with Gasteiger partial charge in [-0.3, -0.25) is 4.79 Å². The predicted molar refractivity (Wildman–Crippen MR) is 71.8 cm³/mol. The minimum atomic E-state index is -0.821. The van der Waals surface area contributed by atoms with Crippen molar-refractivity contribution in [3.05, 3.63) is 29.8 Å². The van der Waals surface area contributed by atoms with Crippen molar-refractivity contribution in [3.8, 4) is 0 Å². The van der Waals surface area contributed by atoms with E-state index in [0.717, 1.165) is 0 Å². The van der Waals surface area contributed by atoms with Crippen LogP contribution in [0.15, 0.2) is 29.2 Å². The van der Waals surface area contributed by atoms with Gasteiger partial charge in [0.2, 0.25) is 0 Å². The Kier molecular flexibility index (Phi) is 5.02. The molecule has 0 spiro atoms. The number of aliphatic carboxylic acids is 1. The molecule has 0 aliphatic rings. The summed E-state index contributed by atoms with van der Waals surface area (Å²) in [5, 5.41) is 11.5. The van der Waals surface area contributed by atoms with Crippen LogP contribution in [0.25, 0.3) is 0 Å². The van der Waals surface area contributed by atoms with Crippen LogP contribution in [0.3, 0.4) is 0 Å². The lowest BCUT2D eigenvalue weighted by Gasteiger charge is -2.25. The molecular formula is C13H19NO2S. The maximum absolute atomic E-state index is 10.4. The lowest BCUT2D eigenvalue weighted by Crippen LogP contribution is -2.35. The second-order valence-corrected chi connectivity index (χ2v) is 5.49. The molecule has 0 unspecified atom stereocenters. The SMILES string of the molecule is CSc1ccc(C(C)(C)CNCC(=O)O)cc1. The molecule has 0 atom stereocenters. The van der Waals surface area contributed by atoms with Gasteiger partial charge in [-0.25, -0.2) is 0 Å². The zero-order valence-electron chi connectivity index (χ0n) is 10.5. The molecule has 0 amide bonds. The van der Waals surface area contributed by atoms with Gasteiger partial charge in [-0.2, -0.15) is 0 Å². The standard InChI is InChI=1S/C13H19NO2S/c1-13(2,9-14-8-12(15)16)10-4-6-11(17-3)7-5-10/h4-7,14H,8-9H2,1-3H3,(H,15,16). The monoisotopic (exact) mass is 253 g/mol. The number of hydrogen-bond donors (Lipinski definition) is 2. The van der Waals surface area contributed by atoms with Gasteiger partial charge < -0.3 is 10.4 Å². The molecule has 0 radical (unpaired) electrons. The summed E-state index contributed by atoms with van der Waals surface area (Å²) in [5.41, 5.74) is 1.15. The van der Waals surface area contributed by atoms with Gasteiger partial charge in [-0.15, -0.1) is 11.8 Å². The van der Waals surface area contributed by atoms with E-state index in [2.05, 4.69) is 49.7 Å². The minimum Gasteiger partial charge on any atom is -0.480 e. The number of carboxylic acids is 1. The third-order valence-electron chi connectivity index (χ3n) is 2.71. The van der Waals surface area contributed by atoms with Crippen molar-refractivity contribution in [1.82, 2.24) is 5.32 Å². The first-order valence-electron chi connectivity index (χ1n) is 5.53. The maximum Gasteiger partial charge on any atom is 0.317 e. The Balaban J connectivity index is 2.64. The summed E-state index contributed by atoms with van der Waals surface area (Å²) in [6.07, 6.45) is 2.05. The molecule has 3 nitrogen and oxygen atoms in total. The predicted octanol–water partition coefficient (Wildman–Crippen LogP) is 2.36. The Hall–Kier alpha value is -1.00. The van der Waals surface area contributed by atoms with E-state index >= 15 is 0 Å². The van der Waals surface area contributed by atoms with Gasteiger partial charge in [-0.05, 0) is 24.0 Å². The van der Waals surface area contributed by atoms with Crippen LogP contribution >= 0.6 is 11.8 Å². The highest BCUT2D eigenvalue weighted by atomic mass is 32.2. The summed E-state index contributed by atoms with van der Waals surface area (Å²) in [6, 6.07) is 8.40. The Labute approximate surface area is 107 Å². The summed E-state index contributed by atoms with van der Waals surface area (Å²) < 4.78 is 0. The van der Waals surface area contributed by atoms with Crippen LogP contribution in [-0.2, 0) is 10.2 Å². The molecule has 0 aromatic heterocycles. The molecule has 0 saturated carbocycles. The smallest absolute Gasteiger partial charge is 0.317 e.